The van der Waals surface area contributed by atoms with E-state index in [0.29, 0.717) is 5.56 Å². The molecular formula is C27H26BrN5O4. The molecule has 37 heavy (non-hydrogen) atoms. The molecule has 0 fully saturated rings. The molecule has 0 aliphatic rings. The van der Waals surface area contributed by atoms with Crippen LogP contribution in [0.2, 0.25) is 0 Å². The van der Waals surface area contributed by atoms with E-state index in [1.165, 1.54) is 30.5 Å². The lowest BCUT2D eigenvalue weighted by Gasteiger charge is -2.20. The summed E-state index contributed by atoms with van der Waals surface area (Å²) in [6.07, 6.45) is 3.03. The number of nitro benzene ring substituents is 1. The van der Waals surface area contributed by atoms with Gasteiger partial charge < -0.3 is 10.2 Å². The number of nitrogens with zero attached hydrogens (tertiary/aromatic N) is 3. The normalized spacial score (nSPS) is 11.3. The smallest absolute Gasteiger partial charge is 0.287 e. The zero-order valence-corrected chi connectivity index (χ0v) is 21.9. The first-order chi connectivity index (χ1) is 17.8. The third-order valence-electron chi connectivity index (χ3n) is 5.42. The molecule has 0 aromatic heterocycles. The Kier molecular flexibility index (Phi) is 9.68. The van der Waals surface area contributed by atoms with Gasteiger partial charge in [-0.1, -0.05) is 40.2 Å². The van der Waals surface area contributed by atoms with Gasteiger partial charge in [0.15, 0.2) is 0 Å². The van der Waals surface area contributed by atoms with Gasteiger partial charge in [0.1, 0.15) is 5.70 Å². The van der Waals surface area contributed by atoms with E-state index < -0.39 is 16.7 Å². The first-order valence-electron chi connectivity index (χ1n) is 11.5. The fourth-order valence-electron chi connectivity index (χ4n) is 3.40. The summed E-state index contributed by atoms with van der Waals surface area (Å²) in [6.45, 7) is 5.87. The lowest BCUT2D eigenvalue weighted by molar-refractivity contribution is -0.384. The fourth-order valence-corrected chi connectivity index (χ4v) is 3.66. The molecule has 3 aromatic carbocycles. The summed E-state index contributed by atoms with van der Waals surface area (Å²) >= 11 is 3.36. The summed E-state index contributed by atoms with van der Waals surface area (Å²) < 4.78 is 0.917. The van der Waals surface area contributed by atoms with Gasteiger partial charge in [-0.25, -0.2) is 5.43 Å². The predicted molar refractivity (Wildman–Crippen MR) is 148 cm³/mol. The number of carbonyl (C=O) groups is 2. The van der Waals surface area contributed by atoms with Gasteiger partial charge in [-0.05, 0) is 67.4 Å². The van der Waals surface area contributed by atoms with Crippen LogP contribution in [-0.4, -0.2) is 36.0 Å². The minimum absolute atomic E-state index is 0.0353. The van der Waals surface area contributed by atoms with Gasteiger partial charge in [-0.15, -0.1) is 0 Å². The first kappa shape index (κ1) is 27.3. The fraction of sp³-hybridized carbons (Fsp3) is 0.148. The second-order valence-electron chi connectivity index (χ2n) is 7.83. The quantitative estimate of drug-likeness (QED) is 0.153. The van der Waals surface area contributed by atoms with Crippen LogP contribution in [0.15, 0.2) is 88.1 Å². The second-order valence-corrected chi connectivity index (χ2v) is 8.75. The van der Waals surface area contributed by atoms with Gasteiger partial charge in [0.25, 0.3) is 17.5 Å². The zero-order valence-electron chi connectivity index (χ0n) is 20.3. The Morgan fingerprint density at radius 3 is 2.11 bits per heavy atom. The lowest BCUT2D eigenvalue weighted by Crippen LogP contribution is -2.32. The molecule has 2 N–H and O–H groups in total. The molecular weight excluding hydrogens is 538 g/mol. The lowest BCUT2D eigenvalue weighted by atomic mass is 10.1. The van der Waals surface area contributed by atoms with E-state index in [0.717, 1.165) is 28.8 Å². The van der Waals surface area contributed by atoms with Crippen molar-refractivity contribution in [2.24, 2.45) is 5.10 Å². The van der Waals surface area contributed by atoms with Crippen molar-refractivity contribution >= 4 is 51.4 Å². The van der Waals surface area contributed by atoms with Crippen molar-refractivity contribution in [2.45, 2.75) is 13.8 Å². The molecule has 0 spiro atoms. The van der Waals surface area contributed by atoms with Gasteiger partial charge in [0.2, 0.25) is 0 Å². The number of non-ortho nitro benzene ring substituents is 1. The third-order valence-corrected chi connectivity index (χ3v) is 5.94. The monoisotopic (exact) mass is 563 g/mol. The summed E-state index contributed by atoms with van der Waals surface area (Å²) in [5, 5.41) is 17.5. The van der Waals surface area contributed by atoms with Crippen LogP contribution in [0.5, 0.6) is 0 Å². The van der Waals surface area contributed by atoms with E-state index in [1.807, 2.05) is 48.5 Å². The summed E-state index contributed by atoms with van der Waals surface area (Å²) in [7, 11) is 0. The molecule has 0 bridgehead atoms. The predicted octanol–water partition coefficient (Wildman–Crippen LogP) is 5.12. The molecule has 0 heterocycles. The molecule has 0 aliphatic heterocycles. The standard InChI is InChI=1S/C27H26BrN5O4/c1-3-32(4-2)23-13-7-19(8-14-23)17-25(27(35)31-29-18-20-5-11-22(28)12-6-20)30-26(34)21-9-15-24(16-10-21)33(36)37/h5-18H,3-4H2,1-2H3,(H,30,34)(H,31,35). The summed E-state index contributed by atoms with van der Waals surface area (Å²) in [5.74, 6) is -1.22. The SMILES string of the molecule is CCN(CC)c1ccc(C=C(NC(=O)c2ccc([N+](=O)[O-])cc2)C(=O)NN=Cc2ccc(Br)cc2)cc1. The summed E-state index contributed by atoms with van der Waals surface area (Å²) in [4.78, 5) is 38.3. The second kappa shape index (κ2) is 13.1. The van der Waals surface area contributed by atoms with Crippen molar-refractivity contribution < 1.29 is 14.5 Å². The van der Waals surface area contributed by atoms with Crippen LogP contribution < -0.4 is 15.6 Å². The summed E-state index contributed by atoms with van der Waals surface area (Å²) in [5.41, 5.74) is 4.94. The van der Waals surface area contributed by atoms with Crippen molar-refractivity contribution in [3.8, 4) is 0 Å². The first-order valence-corrected chi connectivity index (χ1v) is 12.3. The van der Waals surface area contributed by atoms with Gasteiger partial charge in [0, 0.05) is 40.9 Å². The number of halogens is 1. The van der Waals surface area contributed by atoms with Crippen LogP contribution in [0.3, 0.4) is 0 Å². The number of amides is 2. The molecule has 0 unspecified atom stereocenters. The Labute approximate surface area is 223 Å². The topological polar surface area (TPSA) is 117 Å². The van der Waals surface area contributed by atoms with Crippen molar-refractivity contribution in [1.82, 2.24) is 10.7 Å². The van der Waals surface area contributed by atoms with E-state index in [1.54, 1.807) is 6.08 Å². The number of benzene rings is 3. The van der Waals surface area contributed by atoms with E-state index in [9.17, 15) is 19.7 Å². The highest BCUT2D eigenvalue weighted by Gasteiger charge is 2.16. The third kappa shape index (κ3) is 7.84. The maximum absolute atomic E-state index is 13.0. The highest BCUT2D eigenvalue weighted by Crippen LogP contribution is 2.17. The Balaban J connectivity index is 1.83. The van der Waals surface area contributed by atoms with Crippen LogP contribution >= 0.6 is 15.9 Å². The number of anilines is 1. The highest BCUT2D eigenvalue weighted by atomic mass is 79.9. The van der Waals surface area contributed by atoms with Gasteiger partial charge >= 0.3 is 0 Å². The molecule has 2 amide bonds. The largest absolute Gasteiger partial charge is 0.372 e. The number of hydrazone groups is 1. The highest BCUT2D eigenvalue weighted by molar-refractivity contribution is 9.10. The molecule has 0 saturated carbocycles. The Hall–Kier alpha value is -4.31. The number of rotatable bonds is 10. The minimum atomic E-state index is -0.628. The molecule has 3 aromatic rings. The average molecular weight is 564 g/mol. The number of nitrogens with one attached hydrogen (secondary N) is 2. The number of hydrogen-bond donors (Lipinski definition) is 2. The molecule has 10 heteroatoms. The van der Waals surface area contributed by atoms with Gasteiger partial charge in [-0.3, -0.25) is 19.7 Å². The van der Waals surface area contributed by atoms with Gasteiger partial charge in [0.05, 0.1) is 11.1 Å². The Morgan fingerprint density at radius 2 is 1.54 bits per heavy atom. The zero-order chi connectivity index (χ0) is 26.8. The minimum Gasteiger partial charge on any atom is -0.372 e. The van der Waals surface area contributed by atoms with Crippen molar-refractivity contribution in [1.29, 1.82) is 0 Å². The van der Waals surface area contributed by atoms with Crippen molar-refractivity contribution in [3.05, 3.63) is 110 Å². The molecule has 190 valence electrons. The molecule has 9 nitrogen and oxygen atoms in total. The van der Waals surface area contributed by atoms with Crippen LogP contribution in [0.25, 0.3) is 6.08 Å². The molecule has 0 saturated heterocycles. The molecule has 0 aliphatic carbocycles. The van der Waals surface area contributed by atoms with Crippen LogP contribution in [0, 0.1) is 10.1 Å². The molecule has 0 atom stereocenters. The molecule has 3 rings (SSSR count). The average Bonchev–Trinajstić information content (AvgIpc) is 2.91. The van der Waals surface area contributed by atoms with E-state index in [2.05, 4.69) is 50.5 Å². The van der Waals surface area contributed by atoms with Crippen molar-refractivity contribution in [3.63, 3.8) is 0 Å². The van der Waals surface area contributed by atoms with E-state index >= 15 is 0 Å². The maximum atomic E-state index is 13.0. The Bertz CT molecular complexity index is 1300. The van der Waals surface area contributed by atoms with Crippen LogP contribution in [0.4, 0.5) is 11.4 Å². The summed E-state index contributed by atoms with van der Waals surface area (Å²) in [6, 6.07) is 20.0. The molecule has 0 radical (unpaired) electrons. The number of carbonyl (C=O) groups excluding carboxylic acids is 2. The Morgan fingerprint density at radius 1 is 0.946 bits per heavy atom. The van der Waals surface area contributed by atoms with Crippen LogP contribution in [0.1, 0.15) is 35.3 Å². The van der Waals surface area contributed by atoms with E-state index in [4.69, 9.17) is 0 Å². The van der Waals surface area contributed by atoms with Crippen LogP contribution in [-0.2, 0) is 4.79 Å². The maximum Gasteiger partial charge on any atom is 0.287 e. The van der Waals surface area contributed by atoms with Crippen molar-refractivity contribution in [2.75, 3.05) is 18.0 Å². The van der Waals surface area contributed by atoms with Gasteiger partial charge in [-0.2, -0.15) is 5.10 Å². The number of hydrogen-bond acceptors (Lipinski definition) is 6. The van der Waals surface area contributed by atoms with E-state index in [-0.39, 0.29) is 16.9 Å². The number of nitro groups is 1.